The van der Waals surface area contributed by atoms with Crippen molar-refractivity contribution in [1.29, 1.82) is 0 Å². The van der Waals surface area contributed by atoms with Crippen molar-refractivity contribution in [3.05, 3.63) is 39.9 Å². The quantitative estimate of drug-likeness (QED) is 0.626. The summed E-state index contributed by atoms with van der Waals surface area (Å²) in [7, 11) is 1.61. The number of rotatable bonds is 6. The van der Waals surface area contributed by atoms with E-state index in [1.54, 1.807) is 25.2 Å². The SMILES string of the molecule is CCC[C@@H](N)C(=O)N(C)Cc1ccccc1[N+](=O)[O-]. The van der Waals surface area contributed by atoms with E-state index in [0.29, 0.717) is 12.0 Å². The van der Waals surface area contributed by atoms with E-state index < -0.39 is 11.0 Å². The Morgan fingerprint density at radius 3 is 2.68 bits per heavy atom. The first-order valence-electron chi connectivity index (χ1n) is 6.20. The van der Waals surface area contributed by atoms with E-state index in [0.717, 1.165) is 6.42 Å². The molecule has 0 heterocycles. The van der Waals surface area contributed by atoms with Crippen molar-refractivity contribution in [3.8, 4) is 0 Å². The molecule has 1 atom stereocenters. The molecule has 0 fully saturated rings. The average molecular weight is 265 g/mol. The van der Waals surface area contributed by atoms with Gasteiger partial charge in [0, 0.05) is 18.7 Å². The minimum atomic E-state index is -0.544. The topological polar surface area (TPSA) is 89.5 Å². The molecule has 0 unspecified atom stereocenters. The van der Waals surface area contributed by atoms with Gasteiger partial charge < -0.3 is 10.6 Å². The molecule has 0 aliphatic heterocycles. The number of likely N-dealkylation sites (N-methyl/N-ethyl adjacent to an activating group) is 1. The zero-order chi connectivity index (χ0) is 14.4. The van der Waals surface area contributed by atoms with Gasteiger partial charge in [0.25, 0.3) is 5.69 Å². The largest absolute Gasteiger partial charge is 0.340 e. The number of para-hydroxylation sites is 1. The number of hydrogen-bond donors (Lipinski definition) is 1. The normalized spacial score (nSPS) is 11.9. The summed E-state index contributed by atoms with van der Waals surface area (Å²) in [6, 6.07) is 5.85. The summed E-state index contributed by atoms with van der Waals surface area (Å²) in [4.78, 5) is 23.8. The third kappa shape index (κ3) is 4.03. The van der Waals surface area contributed by atoms with Crippen LogP contribution < -0.4 is 5.73 Å². The minimum Gasteiger partial charge on any atom is -0.340 e. The Bertz CT molecular complexity index is 462. The van der Waals surface area contributed by atoms with Gasteiger partial charge in [-0.15, -0.1) is 0 Å². The van der Waals surface area contributed by atoms with E-state index in [1.807, 2.05) is 6.92 Å². The van der Waals surface area contributed by atoms with E-state index in [9.17, 15) is 14.9 Å². The van der Waals surface area contributed by atoms with Crippen molar-refractivity contribution in [2.75, 3.05) is 7.05 Å². The summed E-state index contributed by atoms with van der Waals surface area (Å²) >= 11 is 0. The van der Waals surface area contributed by atoms with Crippen LogP contribution in [0.4, 0.5) is 5.69 Å². The predicted octanol–water partition coefficient (Wildman–Crippen LogP) is 1.68. The van der Waals surface area contributed by atoms with Gasteiger partial charge in [0.2, 0.25) is 5.91 Å². The van der Waals surface area contributed by atoms with Gasteiger partial charge in [0.15, 0.2) is 0 Å². The minimum absolute atomic E-state index is 0.0196. The van der Waals surface area contributed by atoms with E-state index >= 15 is 0 Å². The van der Waals surface area contributed by atoms with Gasteiger partial charge in [0.1, 0.15) is 0 Å². The smallest absolute Gasteiger partial charge is 0.274 e. The lowest BCUT2D eigenvalue weighted by atomic mass is 10.1. The Kier molecular flexibility index (Phi) is 5.44. The second-order valence-electron chi connectivity index (χ2n) is 4.48. The van der Waals surface area contributed by atoms with Crippen LogP contribution in [0.25, 0.3) is 0 Å². The van der Waals surface area contributed by atoms with Gasteiger partial charge in [-0.1, -0.05) is 31.5 Å². The second-order valence-corrected chi connectivity index (χ2v) is 4.48. The fraction of sp³-hybridized carbons (Fsp3) is 0.462. The van der Waals surface area contributed by atoms with Gasteiger partial charge in [-0.25, -0.2) is 0 Å². The second kappa shape index (κ2) is 6.84. The number of benzene rings is 1. The Morgan fingerprint density at radius 2 is 2.11 bits per heavy atom. The molecule has 1 aromatic rings. The zero-order valence-electron chi connectivity index (χ0n) is 11.2. The summed E-state index contributed by atoms with van der Waals surface area (Å²) < 4.78 is 0. The van der Waals surface area contributed by atoms with Crippen molar-refractivity contribution < 1.29 is 9.72 Å². The van der Waals surface area contributed by atoms with Gasteiger partial charge in [-0.05, 0) is 6.42 Å². The number of hydrogen-bond acceptors (Lipinski definition) is 4. The molecule has 0 spiro atoms. The van der Waals surface area contributed by atoms with Crippen LogP contribution in [0, 0.1) is 10.1 Å². The number of nitrogens with two attached hydrogens (primary N) is 1. The van der Waals surface area contributed by atoms with Crippen LogP contribution in [0.15, 0.2) is 24.3 Å². The number of nitro benzene ring substituents is 1. The van der Waals surface area contributed by atoms with Crippen LogP contribution in [0.5, 0.6) is 0 Å². The van der Waals surface area contributed by atoms with Crippen LogP contribution >= 0.6 is 0 Å². The van der Waals surface area contributed by atoms with Crippen molar-refractivity contribution in [1.82, 2.24) is 4.90 Å². The highest BCUT2D eigenvalue weighted by atomic mass is 16.6. The number of amides is 1. The molecule has 104 valence electrons. The van der Waals surface area contributed by atoms with Gasteiger partial charge in [0.05, 0.1) is 17.5 Å². The Hall–Kier alpha value is -1.95. The molecule has 6 nitrogen and oxygen atoms in total. The first kappa shape index (κ1) is 15.1. The van der Waals surface area contributed by atoms with Gasteiger partial charge >= 0.3 is 0 Å². The molecule has 19 heavy (non-hydrogen) atoms. The molecule has 1 amide bonds. The number of nitro groups is 1. The number of nitrogens with zero attached hydrogens (tertiary/aromatic N) is 2. The summed E-state index contributed by atoms with van der Waals surface area (Å²) in [6.07, 6.45) is 1.44. The van der Waals surface area contributed by atoms with Crippen molar-refractivity contribution in [2.45, 2.75) is 32.4 Å². The monoisotopic (exact) mass is 265 g/mol. The van der Waals surface area contributed by atoms with Crippen molar-refractivity contribution in [3.63, 3.8) is 0 Å². The molecule has 0 bridgehead atoms. The number of carbonyl (C=O) groups is 1. The van der Waals surface area contributed by atoms with Crippen LogP contribution in [-0.4, -0.2) is 28.8 Å². The molecule has 0 saturated heterocycles. The molecule has 0 aromatic heterocycles. The molecule has 1 rings (SSSR count). The lowest BCUT2D eigenvalue weighted by Gasteiger charge is -2.21. The zero-order valence-corrected chi connectivity index (χ0v) is 11.2. The molecule has 6 heteroatoms. The Labute approximate surface area is 112 Å². The van der Waals surface area contributed by atoms with E-state index in [4.69, 9.17) is 5.73 Å². The molecule has 0 radical (unpaired) electrons. The molecular weight excluding hydrogens is 246 g/mol. The highest BCUT2D eigenvalue weighted by molar-refractivity contribution is 5.81. The fourth-order valence-corrected chi connectivity index (χ4v) is 1.87. The fourth-order valence-electron chi connectivity index (χ4n) is 1.87. The van der Waals surface area contributed by atoms with Crippen LogP contribution in [-0.2, 0) is 11.3 Å². The molecule has 0 saturated carbocycles. The third-order valence-corrected chi connectivity index (χ3v) is 2.89. The summed E-state index contributed by atoms with van der Waals surface area (Å²) in [5, 5.41) is 10.9. The maximum atomic E-state index is 11.9. The van der Waals surface area contributed by atoms with E-state index in [2.05, 4.69) is 0 Å². The third-order valence-electron chi connectivity index (χ3n) is 2.89. The lowest BCUT2D eigenvalue weighted by Crippen LogP contribution is -2.41. The average Bonchev–Trinajstić information content (AvgIpc) is 2.38. The number of carbonyl (C=O) groups excluding carboxylic acids is 1. The van der Waals surface area contributed by atoms with Gasteiger partial charge in [-0.3, -0.25) is 14.9 Å². The molecular formula is C13H19N3O3. The maximum Gasteiger partial charge on any atom is 0.274 e. The van der Waals surface area contributed by atoms with E-state index in [-0.39, 0.29) is 18.1 Å². The first-order valence-corrected chi connectivity index (χ1v) is 6.20. The van der Waals surface area contributed by atoms with Crippen molar-refractivity contribution in [2.24, 2.45) is 5.73 Å². The molecule has 0 aliphatic carbocycles. The van der Waals surface area contributed by atoms with Gasteiger partial charge in [-0.2, -0.15) is 0 Å². The van der Waals surface area contributed by atoms with Crippen LogP contribution in [0.1, 0.15) is 25.3 Å². The summed E-state index contributed by atoms with van der Waals surface area (Å²) in [5.74, 6) is -0.194. The van der Waals surface area contributed by atoms with Crippen LogP contribution in [0.2, 0.25) is 0 Å². The van der Waals surface area contributed by atoms with E-state index in [1.165, 1.54) is 11.0 Å². The summed E-state index contributed by atoms with van der Waals surface area (Å²) in [5.41, 5.74) is 6.28. The molecule has 1 aromatic carbocycles. The van der Waals surface area contributed by atoms with Crippen molar-refractivity contribution >= 4 is 11.6 Å². The Morgan fingerprint density at radius 1 is 1.47 bits per heavy atom. The Balaban J connectivity index is 2.79. The standard InChI is InChI=1S/C13H19N3O3/c1-3-6-11(14)13(17)15(2)9-10-7-4-5-8-12(10)16(18)19/h4-5,7-8,11H,3,6,9,14H2,1-2H3/t11-/m1/s1. The highest BCUT2D eigenvalue weighted by Crippen LogP contribution is 2.19. The molecule has 0 aliphatic rings. The molecule has 2 N–H and O–H groups in total. The highest BCUT2D eigenvalue weighted by Gasteiger charge is 2.20. The lowest BCUT2D eigenvalue weighted by molar-refractivity contribution is -0.385. The summed E-state index contributed by atoms with van der Waals surface area (Å²) in [6.45, 7) is 2.14. The van der Waals surface area contributed by atoms with Crippen LogP contribution in [0.3, 0.4) is 0 Å². The first-order chi connectivity index (χ1) is 8.97. The predicted molar refractivity (Wildman–Crippen MR) is 72.5 cm³/mol. The maximum absolute atomic E-state index is 11.9.